The number of ether oxygens (including phenoxy) is 5. The van der Waals surface area contributed by atoms with Gasteiger partial charge in [-0.15, -0.1) is 0 Å². The molecule has 25 nitrogen and oxygen atoms in total. The Hall–Kier alpha value is -14.5. The topological polar surface area (TPSA) is 318 Å². The molecule has 5 aliphatic rings. The number of benzene rings is 5. The van der Waals surface area contributed by atoms with Gasteiger partial charge in [0.05, 0.1) is 67.5 Å². The number of carbonyl (C=O) groups is 5. The van der Waals surface area contributed by atoms with Gasteiger partial charge in [-0.3, -0.25) is 25.0 Å². The summed E-state index contributed by atoms with van der Waals surface area (Å²) >= 11 is 9.47. The molecule has 0 bridgehead atoms. The smallest absolute Gasteiger partial charge is 0.338 e. The fourth-order valence-corrected chi connectivity index (χ4v) is 14.1. The third kappa shape index (κ3) is 22.4. The maximum atomic E-state index is 14.4. The summed E-state index contributed by atoms with van der Waals surface area (Å²) in [5.74, 6) is -6.59. The predicted molar refractivity (Wildman–Crippen MR) is 465 cm³/mol. The molecular weight excluding hydrogens is 1750 g/mol. The first-order chi connectivity index (χ1) is 61.6. The highest BCUT2D eigenvalue weighted by Gasteiger charge is 2.39. The van der Waals surface area contributed by atoms with Crippen molar-refractivity contribution in [2.45, 2.75) is 85.6 Å². The van der Waals surface area contributed by atoms with Crippen molar-refractivity contribution in [1.82, 2.24) is 51.5 Å². The van der Waals surface area contributed by atoms with Gasteiger partial charge in [0.1, 0.15) is 76.1 Å². The first-order valence-corrected chi connectivity index (χ1v) is 40.5. The average molecular weight is 1840 g/mol. The summed E-state index contributed by atoms with van der Waals surface area (Å²) in [7, 11) is 2.59. The molecule has 5 aliphatic heterocycles. The van der Waals surface area contributed by atoms with Gasteiger partial charge < -0.3 is 50.3 Å². The lowest BCUT2D eigenvalue weighted by atomic mass is 9.95. The Morgan fingerprint density at radius 2 is 0.602 bits per heavy atom. The lowest BCUT2D eigenvalue weighted by Gasteiger charge is -2.26. The molecule has 5 aromatic heterocycles. The SMILES string of the molecule is CCOC(=O)C1=C(C)NC(c2ncccc2F)=NC1c1c(F)cccc1F.CCOC(=O)C1=C(C)NC(c2ncccc2F)=NC1c1ccc(Cl)cc1.CCOC(=O)C1=C(C)NC(c2ncccc2F)=NC1c1ccccc1Br.COC(=O)C1=C(C)NC(c2ncccc2F)=NC1c1ccc(F)cc1.COC(=O)C1=C(C)NC(c2ncccc2F)=NC1c1ccccc1. The summed E-state index contributed by atoms with van der Waals surface area (Å²) in [5.41, 5.74) is 6.46. The van der Waals surface area contributed by atoms with E-state index in [1.54, 1.807) is 72.7 Å². The Morgan fingerprint density at radius 1 is 0.328 bits per heavy atom. The van der Waals surface area contributed by atoms with E-state index in [1.165, 1.54) is 143 Å². The van der Waals surface area contributed by atoms with Crippen LogP contribution in [0, 0.1) is 46.5 Å². The molecule has 10 aromatic rings. The number of rotatable bonds is 18. The van der Waals surface area contributed by atoms with Crippen molar-refractivity contribution in [2.75, 3.05) is 34.0 Å². The molecule has 658 valence electrons. The summed E-state index contributed by atoms with van der Waals surface area (Å²) in [6.07, 6.45) is 7.29. The van der Waals surface area contributed by atoms with Crippen molar-refractivity contribution in [3.8, 4) is 0 Å². The van der Waals surface area contributed by atoms with Gasteiger partial charge in [-0.05, 0) is 181 Å². The third-order valence-corrected chi connectivity index (χ3v) is 20.4. The molecule has 5 N–H and O–H groups in total. The van der Waals surface area contributed by atoms with Crippen LogP contribution in [0.1, 0.15) is 142 Å². The Kier molecular flexibility index (Phi) is 32.3. The first-order valence-electron chi connectivity index (χ1n) is 39.3. The molecule has 0 amide bonds. The lowest BCUT2D eigenvalue weighted by Crippen LogP contribution is -2.34. The number of hydrogen-bond donors (Lipinski definition) is 5. The molecule has 0 spiro atoms. The highest BCUT2D eigenvalue weighted by atomic mass is 79.9. The minimum Gasteiger partial charge on any atom is -0.466 e. The van der Waals surface area contributed by atoms with Crippen LogP contribution in [-0.4, -0.2) is 118 Å². The van der Waals surface area contributed by atoms with Crippen LogP contribution in [0.3, 0.4) is 0 Å². The summed E-state index contributed by atoms with van der Waals surface area (Å²) in [4.78, 5) is 104. The van der Waals surface area contributed by atoms with Crippen LogP contribution in [-0.2, 0) is 47.7 Å². The predicted octanol–water partition coefficient (Wildman–Crippen LogP) is 16.8. The number of aromatic nitrogens is 5. The third-order valence-electron chi connectivity index (χ3n) is 19.4. The second-order valence-electron chi connectivity index (χ2n) is 27.7. The van der Waals surface area contributed by atoms with Crippen molar-refractivity contribution >= 4 is 86.6 Å². The molecule has 0 saturated heterocycles. The van der Waals surface area contributed by atoms with Gasteiger partial charge in [0.25, 0.3) is 0 Å². The number of nitrogens with one attached hydrogen (secondary N) is 5. The zero-order valence-electron chi connectivity index (χ0n) is 70.0. The van der Waals surface area contributed by atoms with Gasteiger partial charge in [-0.2, -0.15) is 0 Å². The second kappa shape index (κ2) is 43.9. The summed E-state index contributed by atoms with van der Waals surface area (Å²) < 4.78 is 139. The van der Waals surface area contributed by atoms with Crippen LogP contribution in [0.2, 0.25) is 5.02 Å². The largest absolute Gasteiger partial charge is 0.466 e. The van der Waals surface area contributed by atoms with Gasteiger partial charge in [-0.1, -0.05) is 106 Å². The van der Waals surface area contributed by atoms with Crippen LogP contribution < -0.4 is 26.6 Å². The molecule has 128 heavy (non-hydrogen) atoms. The summed E-state index contributed by atoms with van der Waals surface area (Å²) in [6, 6.07) is 42.6. The van der Waals surface area contributed by atoms with Crippen molar-refractivity contribution in [1.29, 1.82) is 0 Å². The molecular formula is C93H81BrClF8N15O10. The number of halogens is 10. The van der Waals surface area contributed by atoms with Crippen LogP contribution >= 0.6 is 27.5 Å². The van der Waals surface area contributed by atoms with E-state index < -0.39 is 112 Å². The Bertz CT molecular complexity index is 6180. The Labute approximate surface area is 743 Å². The molecule has 10 heterocycles. The van der Waals surface area contributed by atoms with Gasteiger partial charge in [0.2, 0.25) is 0 Å². The van der Waals surface area contributed by atoms with Gasteiger partial charge in [-0.25, -0.2) is 84.0 Å². The van der Waals surface area contributed by atoms with E-state index in [2.05, 4.69) is 92.4 Å². The van der Waals surface area contributed by atoms with Crippen molar-refractivity contribution in [3.05, 3.63) is 382 Å². The molecule has 0 radical (unpaired) electrons. The fourth-order valence-electron chi connectivity index (χ4n) is 13.5. The maximum absolute atomic E-state index is 14.4. The quantitative estimate of drug-likeness (QED) is 0.0303. The molecule has 35 heteroatoms. The lowest BCUT2D eigenvalue weighted by molar-refractivity contribution is -0.139. The fraction of sp³-hybridized carbons (Fsp3) is 0.194. The molecule has 0 aliphatic carbocycles. The number of pyridine rings is 5. The van der Waals surface area contributed by atoms with E-state index in [-0.39, 0.29) is 94.3 Å². The minimum atomic E-state index is -1.34. The minimum absolute atomic E-state index is 0.0358. The van der Waals surface area contributed by atoms with Crippen molar-refractivity contribution in [3.63, 3.8) is 0 Å². The summed E-state index contributed by atoms with van der Waals surface area (Å²) in [6.45, 7) is 14.1. The monoisotopic (exact) mass is 1830 g/mol. The molecule has 0 saturated carbocycles. The number of esters is 5. The standard InChI is InChI=1S/C19H17BrFN3O2.C19H17ClFN3O2.C19H16F3N3O2.C18H15F2N3O2.C18H16FN3O2/c1-3-26-19(25)15-11(2)23-18(17-14(21)9-6-10-22-17)24-16(15)12-7-4-5-8-13(12)20;1-3-26-19(25)15-11(2)23-18(17-14(21)5-4-10-22-17)24-16(15)12-6-8-13(20)9-7-12;1-3-27-19(26)14-10(2)24-18(16-13(22)8-5-9-23-16)25-17(14)15-11(20)6-4-7-12(15)21;1-10-14(18(24)25-2)15(11-5-7-12(19)8-6-11)23-17(22-10)16-13(20)4-3-9-21-16;1-11-14(18(23)24-2)15(12-7-4-3-5-8-12)22-17(21-11)16-13(19)9-6-10-20-16/h2*4-10,16H,3H2,1-2H3,(H,23,24);4-9,17H,3H2,1-2H3,(H,24,25);3-9,15H,1-2H3,(H,22,23);3-10,15H,1-2H3,(H,21,22). The Morgan fingerprint density at radius 3 is 0.922 bits per heavy atom. The number of nitrogens with zero attached hydrogens (tertiary/aromatic N) is 10. The van der Waals surface area contributed by atoms with Crippen molar-refractivity contribution < 1.29 is 82.8 Å². The number of hydrogen-bond acceptors (Lipinski definition) is 25. The van der Waals surface area contributed by atoms with Crippen LogP contribution in [0.5, 0.6) is 0 Å². The van der Waals surface area contributed by atoms with E-state index >= 15 is 0 Å². The second-order valence-corrected chi connectivity index (χ2v) is 29.0. The maximum Gasteiger partial charge on any atom is 0.338 e. The number of carbonyl (C=O) groups excluding carboxylic acids is 5. The Balaban J connectivity index is 0.000000155. The highest BCUT2D eigenvalue weighted by molar-refractivity contribution is 9.10. The summed E-state index contributed by atoms with van der Waals surface area (Å²) in [5, 5.41) is 15.2. The van der Waals surface area contributed by atoms with Crippen LogP contribution in [0.25, 0.3) is 0 Å². The molecule has 15 rings (SSSR count). The van der Waals surface area contributed by atoms with E-state index in [1.807, 2.05) is 54.6 Å². The van der Waals surface area contributed by atoms with Gasteiger partial charge in [0, 0.05) is 69.0 Å². The van der Waals surface area contributed by atoms with E-state index in [4.69, 9.17) is 35.3 Å². The first kappa shape index (κ1) is 94.1. The van der Waals surface area contributed by atoms with Gasteiger partial charge >= 0.3 is 29.8 Å². The van der Waals surface area contributed by atoms with Crippen molar-refractivity contribution in [2.24, 2.45) is 25.0 Å². The highest BCUT2D eigenvalue weighted by Crippen LogP contribution is 2.40. The zero-order valence-corrected chi connectivity index (χ0v) is 72.4. The van der Waals surface area contributed by atoms with E-state index in [9.17, 15) is 59.1 Å². The molecule has 0 fully saturated rings. The number of methoxy groups -OCH3 is 2. The zero-order chi connectivity index (χ0) is 92.0. The van der Waals surface area contributed by atoms with E-state index in [0.29, 0.717) is 50.1 Å². The molecule has 5 atom stereocenters. The number of amidine groups is 5. The average Bonchev–Trinajstić information content (AvgIpc) is 1.11. The van der Waals surface area contributed by atoms with Crippen LogP contribution in [0.4, 0.5) is 35.1 Å². The number of aliphatic imine (C=N–C) groups is 5. The number of allylic oxidation sites excluding steroid dienone is 5. The molecule has 5 unspecified atom stereocenters. The van der Waals surface area contributed by atoms with Crippen LogP contribution in [0.15, 0.2) is 299 Å². The van der Waals surface area contributed by atoms with E-state index in [0.717, 1.165) is 33.3 Å². The van der Waals surface area contributed by atoms with Gasteiger partial charge in [0.15, 0.2) is 58.3 Å². The molecule has 5 aromatic carbocycles. The normalized spacial score (nSPS) is 16.8.